The summed E-state index contributed by atoms with van der Waals surface area (Å²) in [5, 5.41) is 9.76. The molecular formula is C18H38IN5O. The van der Waals surface area contributed by atoms with E-state index in [1.807, 2.05) is 20.8 Å². The quantitative estimate of drug-likeness (QED) is 0.243. The van der Waals surface area contributed by atoms with E-state index in [1.165, 1.54) is 0 Å². The third-order valence-electron chi connectivity index (χ3n) is 4.29. The van der Waals surface area contributed by atoms with E-state index in [0.29, 0.717) is 25.2 Å². The van der Waals surface area contributed by atoms with Crippen molar-refractivity contribution in [3.63, 3.8) is 0 Å². The predicted octanol–water partition coefficient (Wildman–Crippen LogP) is 2.19. The van der Waals surface area contributed by atoms with Gasteiger partial charge in [-0.2, -0.15) is 0 Å². The van der Waals surface area contributed by atoms with Gasteiger partial charge in [0.05, 0.1) is 6.54 Å². The van der Waals surface area contributed by atoms with Crippen LogP contribution in [0.5, 0.6) is 0 Å². The van der Waals surface area contributed by atoms with Gasteiger partial charge >= 0.3 is 0 Å². The van der Waals surface area contributed by atoms with Crippen LogP contribution < -0.4 is 16.0 Å². The molecule has 0 atom stereocenters. The van der Waals surface area contributed by atoms with Gasteiger partial charge in [-0.15, -0.1) is 24.0 Å². The molecule has 0 aromatic rings. The van der Waals surface area contributed by atoms with E-state index < -0.39 is 0 Å². The highest BCUT2D eigenvalue weighted by atomic mass is 127. The number of hydrogen-bond donors (Lipinski definition) is 3. The Labute approximate surface area is 171 Å². The Kier molecular flexibility index (Phi) is 11.7. The number of guanidine groups is 1. The average molecular weight is 467 g/mol. The number of piperidine rings is 1. The number of nitrogens with one attached hydrogen (secondary N) is 3. The molecular weight excluding hydrogens is 429 g/mol. The Hall–Kier alpha value is -0.570. The van der Waals surface area contributed by atoms with Crippen LogP contribution in [0.1, 0.15) is 54.4 Å². The number of nitrogens with zero attached hydrogens (tertiary/aromatic N) is 2. The maximum Gasteiger partial charge on any atom is 0.225 e. The summed E-state index contributed by atoms with van der Waals surface area (Å²) >= 11 is 0. The Balaban J connectivity index is 0.00000576. The van der Waals surface area contributed by atoms with Gasteiger partial charge in [-0.05, 0) is 33.6 Å². The van der Waals surface area contributed by atoms with Gasteiger partial charge in [0.2, 0.25) is 5.91 Å². The zero-order valence-electron chi connectivity index (χ0n) is 16.8. The van der Waals surface area contributed by atoms with Crippen LogP contribution in [0.15, 0.2) is 4.99 Å². The molecule has 0 aliphatic carbocycles. The molecule has 0 unspecified atom stereocenters. The maximum atomic E-state index is 11.8. The first kappa shape index (κ1) is 24.4. The molecule has 1 aliphatic rings. The fourth-order valence-corrected chi connectivity index (χ4v) is 2.68. The number of likely N-dealkylation sites (tertiary alicyclic amines) is 1. The van der Waals surface area contributed by atoms with Gasteiger partial charge in [-0.25, -0.2) is 0 Å². The third-order valence-corrected chi connectivity index (χ3v) is 4.29. The Morgan fingerprint density at radius 3 is 2.28 bits per heavy atom. The van der Waals surface area contributed by atoms with Crippen molar-refractivity contribution in [3.05, 3.63) is 0 Å². The molecule has 1 amide bonds. The molecule has 0 radical (unpaired) electrons. The minimum absolute atomic E-state index is 0. The van der Waals surface area contributed by atoms with E-state index in [4.69, 9.17) is 0 Å². The van der Waals surface area contributed by atoms with Crippen molar-refractivity contribution in [2.75, 3.05) is 32.7 Å². The molecule has 1 heterocycles. The predicted molar refractivity (Wildman–Crippen MR) is 117 cm³/mol. The van der Waals surface area contributed by atoms with E-state index in [9.17, 15) is 4.79 Å². The number of hydrogen-bond acceptors (Lipinski definition) is 3. The van der Waals surface area contributed by atoms with Gasteiger partial charge in [-0.3, -0.25) is 9.79 Å². The first-order valence-corrected chi connectivity index (χ1v) is 9.31. The van der Waals surface area contributed by atoms with Gasteiger partial charge < -0.3 is 20.9 Å². The van der Waals surface area contributed by atoms with Crippen molar-refractivity contribution in [2.45, 2.75) is 66.5 Å². The first-order chi connectivity index (χ1) is 11.2. The van der Waals surface area contributed by atoms with E-state index in [0.717, 1.165) is 38.4 Å². The third kappa shape index (κ3) is 9.63. The molecule has 1 saturated heterocycles. The van der Waals surface area contributed by atoms with Crippen LogP contribution in [0.3, 0.4) is 0 Å². The van der Waals surface area contributed by atoms with Crippen molar-refractivity contribution < 1.29 is 4.79 Å². The molecule has 0 aromatic carbocycles. The summed E-state index contributed by atoms with van der Waals surface area (Å²) in [7, 11) is 0. The number of rotatable bonds is 6. The Bertz CT molecular complexity index is 412. The van der Waals surface area contributed by atoms with Crippen LogP contribution in [-0.2, 0) is 4.79 Å². The van der Waals surface area contributed by atoms with Crippen molar-refractivity contribution in [1.29, 1.82) is 0 Å². The fraction of sp³-hybridized carbons (Fsp3) is 0.889. The monoisotopic (exact) mass is 467 g/mol. The highest BCUT2D eigenvalue weighted by molar-refractivity contribution is 14.0. The van der Waals surface area contributed by atoms with Crippen LogP contribution >= 0.6 is 24.0 Å². The van der Waals surface area contributed by atoms with Gasteiger partial charge in [0.25, 0.3) is 0 Å². The summed E-state index contributed by atoms with van der Waals surface area (Å²) in [6, 6.07) is 1.10. The van der Waals surface area contributed by atoms with Crippen LogP contribution in [0.4, 0.5) is 0 Å². The molecule has 148 valence electrons. The van der Waals surface area contributed by atoms with Gasteiger partial charge in [-0.1, -0.05) is 20.8 Å². The Morgan fingerprint density at radius 2 is 1.80 bits per heavy atom. The zero-order valence-corrected chi connectivity index (χ0v) is 19.1. The molecule has 7 heteroatoms. The molecule has 1 rings (SSSR count). The SMILES string of the molecule is CCNC(=NCCNC(=O)C(C)(C)C)NC1CCN(C(C)C)CC1.I. The van der Waals surface area contributed by atoms with Gasteiger partial charge in [0.15, 0.2) is 5.96 Å². The number of amides is 1. The van der Waals surface area contributed by atoms with Crippen molar-refractivity contribution in [3.8, 4) is 0 Å². The second-order valence-corrected chi connectivity index (χ2v) is 7.81. The van der Waals surface area contributed by atoms with Gasteiger partial charge in [0, 0.05) is 43.7 Å². The molecule has 0 saturated carbocycles. The minimum atomic E-state index is -0.350. The lowest BCUT2D eigenvalue weighted by atomic mass is 9.96. The lowest BCUT2D eigenvalue weighted by molar-refractivity contribution is -0.128. The van der Waals surface area contributed by atoms with Crippen LogP contribution in [-0.4, -0.2) is 61.6 Å². The highest BCUT2D eigenvalue weighted by Crippen LogP contribution is 2.13. The second-order valence-electron chi connectivity index (χ2n) is 7.81. The number of halogens is 1. The minimum Gasteiger partial charge on any atom is -0.357 e. The van der Waals surface area contributed by atoms with Crippen molar-refractivity contribution in [2.24, 2.45) is 10.4 Å². The zero-order chi connectivity index (χ0) is 18.2. The van der Waals surface area contributed by atoms with E-state index in [2.05, 4.69) is 46.6 Å². The standard InChI is InChI=1S/C18H37N5O.HI/c1-7-19-17(21-11-10-20-16(24)18(4,5)6)22-15-8-12-23(13-9-15)14(2)3;/h14-15H,7-13H2,1-6H3,(H,20,24)(H2,19,21,22);1H. The summed E-state index contributed by atoms with van der Waals surface area (Å²) < 4.78 is 0. The summed E-state index contributed by atoms with van der Waals surface area (Å²) in [5.41, 5.74) is -0.350. The van der Waals surface area contributed by atoms with Crippen molar-refractivity contribution >= 4 is 35.8 Å². The fourth-order valence-electron chi connectivity index (χ4n) is 2.68. The summed E-state index contributed by atoms with van der Waals surface area (Å²) in [6.07, 6.45) is 2.28. The topological polar surface area (TPSA) is 68.8 Å². The summed E-state index contributed by atoms with van der Waals surface area (Å²) in [5.74, 6) is 0.919. The molecule has 3 N–H and O–H groups in total. The number of aliphatic imine (C=N–C) groups is 1. The Morgan fingerprint density at radius 1 is 1.20 bits per heavy atom. The molecule has 1 aliphatic heterocycles. The lowest BCUT2D eigenvalue weighted by Gasteiger charge is -2.35. The first-order valence-electron chi connectivity index (χ1n) is 9.31. The molecule has 0 bridgehead atoms. The van der Waals surface area contributed by atoms with Crippen LogP contribution in [0.2, 0.25) is 0 Å². The lowest BCUT2D eigenvalue weighted by Crippen LogP contribution is -2.50. The molecule has 25 heavy (non-hydrogen) atoms. The number of carbonyl (C=O) groups is 1. The summed E-state index contributed by atoms with van der Waals surface area (Å²) in [4.78, 5) is 18.9. The number of carbonyl (C=O) groups excluding carboxylic acids is 1. The van der Waals surface area contributed by atoms with Crippen LogP contribution in [0, 0.1) is 5.41 Å². The van der Waals surface area contributed by atoms with Gasteiger partial charge in [0.1, 0.15) is 0 Å². The average Bonchev–Trinajstić information content (AvgIpc) is 2.51. The smallest absolute Gasteiger partial charge is 0.225 e. The normalized spacial score (nSPS) is 17.2. The molecule has 0 spiro atoms. The van der Waals surface area contributed by atoms with E-state index >= 15 is 0 Å². The largest absolute Gasteiger partial charge is 0.357 e. The van der Waals surface area contributed by atoms with E-state index in [1.54, 1.807) is 0 Å². The van der Waals surface area contributed by atoms with Crippen LogP contribution in [0.25, 0.3) is 0 Å². The highest BCUT2D eigenvalue weighted by Gasteiger charge is 2.22. The van der Waals surface area contributed by atoms with E-state index in [-0.39, 0.29) is 35.3 Å². The molecule has 0 aromatic heterocycles. The molecule has 6 nitrogen and oxygen atoms in total. The maximum absolute atomic E-state index is 11.8. The summed E-state index contributed by atoms with van der Waals surface area (Å²) in [6.45, 7) is 16.6. The second kappa shape index (κ2) is 11.9. The molecule has 1 fully saturated rings. The van der Waals surface area contributed by atoms with Crippen molar-refractivity contribution in [1.82, 2.24) is 20.9 Å².